The van der Waals surface area contributed by atoms with E-state index in [2.05, 4.69) is 0 Å². The maximum absolute atomic E-state index is 14.6. The second-order valence-corrected chi connectivity index (χ2v) is 6.53. The number of ether oxygens (including phenoxy) is 2. The fraction of sp³-hybridized carbons (Fsp3) is 0.217. The van der Waals surface area contributed by atoms with Gasteiger partial charge in [-0.05, 0) is 36.8 Å². The minimum atomic E-state index is -2.00. The lowest BCUT2D eigenvalue weighted by molar-refractivity contribution is -0.0902. The largest absolute Gasteiger partial charge is 0.497 e. The van der Waals surface area contributed by atoms with Crippen LogP contribution in [0.1, 0.15) is 23.6 Å². The molecule has 1 N–H and O–H groups in total. The van der Waals surface area contributed by atoms with Gasteiger partial charge in [-0.25, -0.2) is 8.78 Å². The van der Waals surface area contributed by atoms with Gasteiger partial charge in [0.2, 0.25) is 0 Å². The average molecular weight is 384 g/mol. The second kappa shape index (κ2) is 8.50. The summed E-state index contributed by atoms with van der Waals surface area (Å²) in [5, 5.41) is 11.5. The lowest BCUT2D eigenvalue weighted by Crippen LogP contribution is -2.42. The summed E-state index contributed by atoms with van der Waals surface area (Å²) in [5.41, 5.74) is -1.23. The van der Waals surface area contributed by atoms with Gasteiger partial charge in [0.05, 0.1) is 19.8 Å². The lowest BCUT2D eigenvalue weighted by atomic mass is 9.81. The Labute approximate surface area is 163 Å². The summed E-state index contributed by atoms with van der Waals surface area (Å²) < 4.78 is 40.1. The molecule has 3 aromatic rings. The van der Waals surface area contributed by atoms with Crippen LogP contribution in [0.5, 0.6) is 5.75 Å². The van der Waals surface area contributed by atoms with Crippen molar-refractivity contribution < 1.29 is 23.4 Å². The van der Waals surface area contributed by atoms with E-state index < -0.39 is 23.3 Å². The van der Waals surface area contributed by atoms with Gasteiger partial charge in [0, 0.05) is 11.1 Å². The van der Waals surface area contributed by atoms with Gasteiger partial charge in [-0.2, -0.15) is 0 Å². The van der Waals surface area contributed by atoms with Gasteiger partial charge in [-0.1, -0.05) is 48.5 Å². The molecular formula is C23H22F2O3. The van der Waals surface area contributed by atoms with Gasteiger partial charge in [-0.3, -0.25) is 0 Å². The third-order valence-electron chi connectivity index (χ3n) is 4.82. The molecule has 5 heteroatoms. The van der Waals surface area contributed by atoms with Gasteiger partial charge in [-0.15, -0.1) is 0 Å². The number of benzene rings is 3. The quantitative estimate of drug-likeness (QED) is 0.635. The molecule has 0 aliphatic carbocycles. The topological polar surface area (TPSA) is 38.7 Å². The molecule has 0 saturated heterocycles. The average Bonchev–Trinajstić information content (AvgIpc) is 2.72. The van der Waals surface area contributed by atoms with E-state index in [4.69, 9.17) is 9.47 Å². The molecule has 28 heavy (non-hydrogen) atoms. The van der Waals surface area contributed by atoms with Gasteiger partial charge >= 0.3 is 0 Å². The molecule has 0 bridgehead atoms. The summed E-state index contributed by atoms with van der Waals surface area (Å²) in [6.45, 7) is 1.76. The maximum Gasteiger partial charge on any atom is 0.146 e. The molecule has 0 aliphatic rings. The van der Waals surface area contributed by atoms with E-state index >= 15 is 0 Å². The summed E-state index contributed by atoms with van der Waals surface area (Å²) in [4.78, 5) is 0. The summed E-state index contributed by atoms with van der Waals surface area (Å²) >= 11 is 0. The highest BCUT2D eigenvalue weighted by Crippen LogP contribution is 2.37. The Hall–Kier alpha value is -2.76. The van der Waals surface area contributed by atoms with Crippen molar-refractivity contribution in [3.8, 4) is 5.75 Å². The molecule has 0 fully saturated rings. The third-order valence-corrected chi connectivity index (χ3v) is 4.82. The molecule has 3 rings (SSSR count). The first kappa shape index (κ1) is 20.0. The highest BCUT2D eigenvalue weighted by atomic mass is 19.1. The SMILES string of the molecule is COc1ccc(CO[C@@H](C)C(O)(c2ccccc2F)c2ccccc2F)cc1. The lowest BCUT2D eigenvalue weighted by Gasteiger charge is -2.35. The predicted molar refractivity (Wildman–Crippen MR) is 103 cm³/mol. The number of aliphatic hydroxyl groups is 1. The Bertz CT molecular complexity index is 880. The zero-order chi connectivity index (χ0) is 20.1. The van der Waals surface area contributed by atoms with Crippen molar-refractivity contribution in [3.05, 3.63) is 101 Å². The number of hydrogen-bond donors (Lipinski definition) is 1. The molecule has 0 amide bonds. The highest BCUT2D eigenvalue weighted by Gasteiger charge is 2.42. The smallest absolute Gasteiger partial charge is 0.146 e. The van der Waals surface area contributed by atoms with Gasteiger partial charge in [0.15, 0.2) is 0 Å². The van der Waals surface area contributed by atoms with Crippen LogP contribution in [-0.4, -0.2) is 18.3 Å². The first-order chi connectivity index (χ1) is 13.5. The van der Waals surface area contributed by atoms with Crippen molar-refractivity contribution in [3.63, 3.8) is 0 Å². The molecule has 0 saturated carbocycles. The molecule has 0 unspecified atom stereocenters. The number of hydrogen-bond acceptors (Lipinski definition) is 3. The minimum Gasteiger partial charge on any atom is -0.497 e. The molecule has 146 valence electrons. The van der Waals surface area contributed by atoms with Crippen LogP contribution in [0.25, 0.3) is 0 Å². The Kier molecular flexibility index (Phi) is 6.07. The Morgan fingerprint density at radius 3 is 1.82 bits per heavy atom. The standard InChI is InChI=1S/C23H22F2O3/c1-16(28-15-17-11-13-18(27-2)14-12-17)23(26,19-7-3-5-9-21(19)24)20-8-4-6-10-22(20)25/h3-14,16,26H,15H2,1-2H3/t16-/m0/s1. The zero-order valence-corrected chi connectivity index (χ0v) is 15.7. The van der Waals surface area contributed by atoms with E-state index in [0.29, 0.717) is 5.75 Å². The molecule has 0 aromatic heterocycles. The van der Waals surface area contributed by atoms with E-state index in [1.807, 2.05) is 12.1 Å². The summed E-state index contributed by atoms with van der Waals surface area (Å²) in [6.07, 6.45) is -0.927. The monoisotopic (exact) mass is 384 g/mol. The highest BCUT2D eigenvalue weighted by molar-refractivity contribution is 5.39. The van der Waals surface area contributed by atoms with Crippen LogP contribution < -0.4 is 4.74 Å². The zero-order valence-electron chi connectivity index (χ0n) is 15.7. The molecule has 0 radical (unpaired) electrons. The van der Waals surface area contributed by atoms with Crippen molar-refractivity contribution in [1.82, 2.24) is 0 Å². The fourth-order valence-electron chi connectivity index (χ4n) is 3.19. The van der Waals surface area contributed by atoms with Crippen LogP contribution in [0, 0.1) is 11.6 Å². The van der Waals surface area contributed by atoms with Crippen molar-refractivity contribution in [1.29, 1.82) is 0 Å². The van der Waals surface area contributed by atoms with Gasteiger partial charge in [0.1, 0.15) is 23.0 Å². The molecule has 0 spiro atoms. The summed E-state index contributed by atoms with van der Waals surface area (Å²) in [7, 11) is 1.58. The van der Waals surface area contributed by atoms with Crippen LogP contribution in [0.2, 0.25) is 0 Å². The molecule has 0 heterocycles. The van der Waals surface area contributed by atoms with E-state index in [1.54, 1.807) is 38.3 Å². The first-order valence-electron chi connectivity index (χ1n) is 8.93. The van der Waals surface area contributed by atoms with E-state index in [1.165, 1.54) is 36.4 Å². The van der Waals surface area contributed by atoms with E-state index in [9.17, 15) is 13.9 Å². The van der Waals surface area contributed by atoms with E-state index in [-0.39, 0.29) is 17.7 Å². The minimum absolute atomic E-state index is 0.0395. The first-order valence-corrected chi connectivity index (χ1v) is 8.93. The molecule has 1 atom stereocenters. The Morgan fingerprint density at radius 1 is 0.857 bits per heavy atom. The number of halogens is 2. The third kappa shape index (κ3) is 3.91. The van der Waals surface area contributed by atoms with Crippen molar-refractivity contribution in [2.75, 3.05) is 7.11 Å². The second-order valence-electron chi connectivity index (χ2n) is 6.53. The number of methoxy groups -OCH3 is 1. The van der Waals surface area contributed by atoms with Gasteiger partial charge < -0.3 is 14.6 Å². The predicted octanol–water partition coefficient (Wildman–Crippen LogP) is 4.81. The van der Waals surface area contributed by atoms with Crippen LogP contribution in [-0.2, 0) is 16.9 Å². The van der Waals surface area contributed by atoms with Crippen LogP contribution in [0.4, 0.5) is 8.78 Å². The normalized spacial score (nSPS) is 12.6. The summed E-state index contributed by atoms with van der Waals surface area (Å²) in [6, 6.07) is 18.8. The van der Waals surface area contributed by atoms with Gasteiger partial charge in [0.25, 0.3) is 0 Å². The van der Waals surface area contributed by atoms with Crippen LogP contribution in [0.3, 0.4) is 0 Å². The van der Waals surface area contributed by atoms with Crippen molar-refractivity contribution in [2.45, 2.75) is 25.2 Å². The fourth-order valence-corrected chi connectivity index (χ4v) is 3.19. The van der Waals surface area contributed by atoms with Crippen LogP contribution >= 0.6 is 0 Å². The number of rotatable bonds is 7. The van der Waals surface area contributed by atoms with Crippen LogP contribution in [0.15, 0.2) is 72.8 Å². The molecule has 0 aliphatic heterocycles. The summed E-state index contributed by atoms with van der Waals surface area (Å²) in [5.74, 6) is -0.549. The van der Waals surface area contributed by atoms with E-state index in [0.717, 1.165) is 5.56 Å². The Morgan fingerprint density at radius 2 is 1.36 bits per heavy atom. The Balaban J connectivity index is 1.94. The molecule has 3 nitrogen and oxygen atoms in total. The maximum atomic E-state index is 14.6. The molecular weight excluding hydrogens is 362 g/mol. The van der Waals surface area contributed by atoms with Crippen molar-refractivity contribution in [2.24, 2.45) is 0 Å². The van der Waals surface area contributed by atoms with Crippen molar-refractivity contribution >= 4 is 0 Å². The molecule has 3 aromatic carbocycles.